The summed E-state index contributed by atoms with van der Waals surface area (Å²) in [5.74, 6) is -1.56. The lowest BCUT2D eigenvalue weighted by molar-refractivity contribution is 0.252. The number of benzene rings is 1. The third kappa shape index (κ3) is 3.96. The summed E-state index contributed by atoms with van der Waals surface area (Å²) < 4.78 is 24.6. The molecule has 0 aliphatic rings. The number of aromatic amines is 1. The molecule has 0 aliphatic carbocycles. The zero-order valence-corrected chi connectivity index (χ0v) is 11.5. The number of aryl methyl sites for hydroxylation is 2. The standard InChI is InChI=1S/C13H15F2N3S/c1-8-9(2)18-12(17-8)7-16-10-4-3-5-11(6-10)19-13(14)15/h3-6,13,16H,7H2,1-2H3,(H,17,18). The Bertz CT molecular complexity index is 535. The van der Waals surface area contributed by atoms with E-state index < -0.39 is 5.76 Å². The third-order valence-electron chi connectivity index (χ3n) is 2.70. The first-order chi connectivity index (χ1) is 9.04. The second-order valence-electron chi connectivity index (χ2n) is 4.15. The summed E-state index contributed by atoms with van der Waals surface area (Å²) in [7, 11) is 0. The zero-order valence-electron chi connectivity index (χ0n) is 10.7. The van der Waals surface area contributed by atoms with Gasteiger partial charge in [0.15, 0.2) is 0 Å². The van der Waals surface area contributed by atoms with Crippen LogP contribution < -0.4 is 5.32 Å². The fraction of sp³-hybridized carbons (Fsp3) is 0.308. The van der Waals surface area contributed by atoms with Crippen molar-refractivity contribution < 1.29 is 8.78 Å². The van der Waals surface area contributed by atoms with Crippen molar-refractivity contribution in [3.05, 3.63) is 41.5 Å². The number of halogens is 2. The van der Waals surface area contributed by atoms with Crippen molar-refractivity contribution in [2.45, 2.75) is 31.0 Å². The SMILES string of the molecule is Cc1nc(CNc2cccc(SC(F)F)c2)[nH]c1C. The van der Waals surface area contributed by atoms with E-state index in [1.165, 1.54) is 0 Å². The fourth-order valence-electron chi connectivity index (χ4n) is 1.67. The number of rotatable bonds is 5. The lowest BCUT2D eigenvalue weighted by Gasteiger charge is -2.06. The van der Waals surface area contributed by atoms with Gasteiger partial charge >= 0.3 is 0 Å². The van der Waals surface area contributed by atoms with Gasteiger partial charge < -0.3 is 10.3 Å². The predicted molar refractivity (Wildman–Crippen MR) is 73.7 cm³/mol. The molecule has 0 aliphatic heterocycles. The predicted octanol–water partition coefficient (Wildman–Crippen LogP) is 3.95. The van der Waals surface area contributed by atoms with E-state index in [1.807, 2.05) is 19.9 Å². The second kappa shape index (κ2) is 6.06. The first kappa shape index (κ1) is 13.9. The van der Waals surface area contributed by atoms with Crippen LogP contribution in [0.2, 0.25) is 0 Å². The maximum Gasteiger partial charge on any atom is 0.288 e. The average molecular weight is 283 g/mol. The summed E-state index contributed by atoms with van der Waals surface area (Å²) in [6, 6.07) is 6.98. The van der Waals surface area contributed by atoms with Crippen LogP contribution in [0.5, 0.6) is 0 Å². The topological polar surface area (TPSA) is 40.7 Å². The van der Waals surface area contributed by atoms with Crippen LogP contribution in [0, 0.1) is 13.8 Å². The van der Waals surface area contributed by atoms with E-state index in [2.05, 4.69) is 15.3 Å². The molecule has 0 spiro atoms. The van der Waals surface area contributed by atoms with Crippen LogP contribution in [0.15, 0.2) is 29.2 Å². The van der Waals surface area contributed by atoms with Crippen LogP contribution in [0.3, 0.4) is 0 Å². The van der Waals surface area contributed by atoms with Gasteiger partial charge in [0.2, 0.25) is 0 Å². The number of hydrogen-bond acceptors (Lipinski definition) is 3. The van der Waals surface area contributed by atoms with Gasteiger partial charge in [-0.2, -0.15) is 8.78 Å². The molecule has 0 atom stereocenters. The Morgan fingerprint density at radius 1 is 1.37 bits per heavy atom. The number of anilines is 1. The number of nitrogens with one attached hydrogen (secondary N) is 2. The van der Waals surface area contributed by atoms with Crippen molar-refractivity contribution in [3.8, 4) is 0 Å². The molecule has 0 fully saturated rings. The van der Waals surface area contributed by atoms with Crippen molar-refractivity contribution in [2.24, 2.45) is 0 Å². The van der Waals surface area contributed by atoms with Crippen molar-refractivity contribution in [2.75, 3.05) is 5.32 Å². The monoisotopic (exact) mass is 283 g/mol. The van der Waals surface area contributed by atoms with E-state index in [4.69, 9.17) is 0 Å². The molecule has 1 aromatic heterocycles. The lowest BCUT2D eigenvalue weighted by Crippen LogP contribution is -2.01. The largest absolute Gasteiger partial charge is 0.378 e. The Morgan fingerprint density at radius 3 is 2.79 bits per heavy atom. The number of H-pyrrole nitrogens is 1. The van der Waals surface area contributed by atoms with Gasteiger partial charge in [0, 0.05) is 16.3 Å². The summed E-state index contributed by atoms with van der Waals surface area (Å²) in [6.45, 7) is 4.44. The molecule has 0 radical (unpaired) electrons. The molecule has 0 amide bonds. The number of nitrogens with zero attached hydrogens (tertiary/aromatic N) is 1. The summed E-state index contributed by atoms with van der Waals surface area (Å²) in [6.07, 6.45) is 0. The van der Waals surface area contributed by atoms with Gasteiger partial charge in [-0.15, -0.1) is 0 Å². The first-order valence-electron chi connectivity index (χ1n) is 5.85. The van der Waals surface area contributed by atoms with E-state index in [0.29, 0.717) is 23.2 Å². The van der Waals surface area contributed by atoms with Crippen LogP contribution in [0.1, 0.15) is 17.2 Å². The molecule has 0 unspecified atom stereocenters. The molecule has 19 heavy (non-hydrogen) atoms. The minimum atomic E-state index is -2.40. The van der Waals surface area contributed by atoms with E-state index in [1.54, 1.807) is 18.2 Å². The van der Waals surface area contributed by atoms with E-state index in [-0.39, 0.29) is 0 Å². The summed E-state index contributed by atoms with van der Waals surface area (Å²) in [5.41, 5.74) is 2.81. The molecule has 2 aromatic rings. The van der Waals surface area contributed by atoms with E-state index >= 15 is 0 Å². The molecule has 0 bridgehead atoms. The smallest absolute Gasteiger partial charge is 0.288 e. The Morgan fingerprint density at radius 2 is 2.16 bits per heavy atom. The fourth-order valence-corrected chi connectivity index (χ4v) is 2.23. The van der Waals surface area contributed by atoms with E-state index in [9.17, 15) is 8.78 Å². The minimum Gasteiger partial charge on any atom is -0.378 e. The highest BCUT2D eigenvalue weighted by Gasteiger charge is 2.06. The maximum absolute atomic E-state index is 12.3. The van der Waals surface area contributed by atoms with Crippen molar-refractivity contribution >= 4 is 17.4 Å². The van der Waals surface area contributed by atoms with Crippen LogP contribution in [0.25, 0.3) is 0 Å². The highest BCUT2D eigenvalue weighted by molar-refractivity contribution is 7.99. The Labute approximate surface area is 114 Å². The number of hydrogen-bond donors (Lipinski definition) is 2. The average Bonchev–Trinajstić information content (AvgIpc) is 2.66. The number of alkyl halides is 2. The molecule has 6 heteroatoms. The normalized spacial score (nSPS) is 11.0. The Balaban J connectivity index is 1.99. The number of imidazole rings is 1. The van der Waals surface area contributed by atoms with Crippen LogP contribution >= 0.6 is 11.8 Å². The van der Waals surface area contributed by atoms with Crippen molar-refractivity contribution in [3.63, 3.8) is 0 Å². The summed E-state index contributed by atoms with van der Waals surface area (Å²) in [4.78, 5) is 8.06. The quantitative estimate of drug-likeness (QED) is 0.816. The molecule has 1 aromatic carbocycles. The lowest BCUT2D eigenvalue weighted by atomic mass is 10.3. The molecular weight excluding hydrogens is 268 g/mol. The number of thioether (sulfide) groups is 1. The zero-order chi connectivity index (χ0) is 13.8. The van der Waals surface area contributed by atoms with Gasteiger partial charge in [0.1, 0.15) is 5.82 Å². The molecule has 0 saturated heterocycles. The van der Waals surface area contributed by atoms with Crippen molar-refractivity contribution in [1.29, 1.82) is 0 Å². The summed E-state index contributed by atoms with van der Waals surface area (Å²) >= 11 is 0.544. The van der Waals surface area contributed by atoms with Crippen LogP contribution in [-0.4, -0.2) is 15.7 Å². The highest BCUT2D eigenvalue weighted by atomic mass is 32.2. The van der Waals surface area contributed by atoms with Crippen LogP contribution in [0.4, 0.5) is 14.5 Å². The molecule has 2 N–H and O–H groups in total. The molecule has 2 rings (SSSR count). The molecule has 3 nitrogen and oxygen atoms in total. The van der Waals surface area contributed by atoms with Gasteiger partial charge in [-0.1, -0.05) is 17.8 Å². The molecular formula is C13H15F2N3S. The van der Waals surface area contributed by atoms with Gasteiger partial charge in [-0.25, -0.2) is 4.98 Å². The van der Waals surface area contributed by atoms with Gasteiger partial charge in [-0.3, -0.25) is 0 Å². The Hall–Kier alpha value is -1.56. The highest BCUT2D eigenvalue weighted by Crippen LogP contribution is 2.27. The summed E-state index contributed by atoms with van der Waals surface area (Å²) in [5, 5.41) is 3.16. The Kier molecular flexibility index (Phi) is 4.42. The number of aromatic nitrogens is 2. The van der Waals surface area contributed by atoms with Gasteiger partial charge in [0.05, 0.1) is 12.2 Å². The first-order valence-corrected chi connectivity index (χ1v) is 6.73. The molecule has 0 saturated carbocycles. The molecule has 102 valence electrons. The minimum absolute atomic E-state index is 0.539. The van der Waals surface area contributed by atoms with E-state index in [0.717, 1.165) is 22.9 Å². The van der Waals surface area contributed by atoms with Gasteiger partial charge in [0.25, 0.3) is 5.76 Å². The second-order valence-corrected chi connectivity index (χ2v) is 5.22. The van der Waals surface area contributed by atoms with Crippen LogP contribution in [-0.2, 0) is 6.54 Å². The third-order valence-corrected chi connectivity index (χ3v) is 3.40. The maximum atomic E-state index is 12.3. The van der Waals surface area contributed by atoms with Crippen molar-refractivity contribution in [1.82, 2.24) is 9.97 Å². The van der Waals surface area contributed by atoms with Gasteiger partial charge in [-0.05, 0) is 32.0 Å². The molecule has 1 heterocycles.